The Morgan fingerprint density at radius 1 is 1.24 bits per heavy atom. The highest BCUT2D eigenvalue weighted by molar-refractivity contribution is 5.58. The Morgan fingerprint density at radius 3 is 3.00 bits per heavy atom. The number of hydrogen-bond acceptors (Lipinski definition) is 2. The fourth-order valence-corrected chi connectivity index (χ4v) is 2.59. The summed E-state index contributed by atoms with van der Waals surface area (Å²) >= 11 is 0. The van der Waals surface area contributed by atoms with Gasteiger partial charge in [0.25, 0.3) is 0 Å². The zero-order valence-electron chi connectivity index (χ0n) is 10.2. The molecule has 3 rings (SSSR count). The molecular weight excluding hydrogens is 210 g/mol. The number of hydrogen-bond donors (Lipinski definition) is 0. The molecule has 3 nitrogen and oxygen atoms in total. The third kappa shape index (κ3) is 1.86. The number of benzene rings is 1. The van der Waals surface area contributed by atoms with Gasteiger partial charge < -0.3 is 4.57 Å². The fraction of sp³-hybridized carbons (Fsp3) is 0.429. The molecule has 1 aliphatic rings. The molecule has 0 aliphatic heterocycles. The Morgan fingerprint density at radius 2 is 2.12 bits per heavy atom. The molecule has 0 spiro atoms. The van der Waals surface area contributed by atoms with E-state index in [1.807, 2.05) is 6.33 Å². The number of fused-ring (bicyclic) bond motifs is 1. The highest BCUT2D eigenvalue weighted by Gasteiger charge is 2.13. The van der Waals surface area contributed by atoms with Gasteiger partial charge in [0.15, 0.2) is 5.82 Å². The van der Waals surface area contributed by atoms with E-state index in [2.05, 4.69) is 39.9 Å². The third-order valence-electron chi connectivity index (χ3n) is 3.44. The highest BCUT2D eigenvalue weighted by atomic mass is 15.3. The molecular formula is C14H17N3. The summed E-state index contributed by atoms with van der Waals surface area (Å²) in [6.45, 7) is 3.16. The summed E-state index contributed by atoms with van der Waals surface area (Å²) in [5, 5.41) is 8.27. The van der Waals surface area contributed by atoms with Crippen LogP contribution < -0.4 is 0 Å². The average molecular weight is 227 g/mol. The maximum absolute atomic E-state index is 4.24. The second-order valence-electron chi connectivity index (χ2n) is 4.68. The van der Waals surface area contributed by atoms with E-state index in [-0.39, 0.29) is 0 Å². The van der Waals surface area contributed by atoms with Crippen LogP contribution in [0.25, 0.3) is 11.4 Å². The van der Waals surface area contributed by atoms with Gasteiger partial charge in [0.1, 0.15) is 6.33 Å². The molecule has 1 aliphatic carbocycles. The zero-order valence-corrected chi connectivity index (χ0v) is 10.2. The zero-order chi connectivity index (χ0) is 11.7. The number of rotatable bonds is 3. The van der Waals surface area contributed by atoms with Crippen molar-refractivity contribution < 1.29 is 0 Å². The molecule has 0 fully saturated rings. The van der Waals surface area contributed by atoms with Crippen LogP contribution in [0.1, 0.15) is 30.9 Å². The second kappa shape index (κ2) is 4.32. The lowest BCUT2D eigenvalue weighted by Crippen LogP contribution is -1.98. The fourth-order valence-electron chi connectivity index (χ4n) is 2.59. The van der Waals surface area contributed by atoms with Crippen molar-refractivity contribution in [1.29, 1.82) is 0 Å². The molecule has 1 heterocycles. The van der Waals surface area contributed by atoms with Crippen molar-refractivity contribution >= 4 is 0 Å². The summed E-state index contributed by atoms with van der Waals surface area (Å²) in [4.78, 5) is 0. The van der Waals surface area contributed by atoms with Crippen molar-refractivity contribution in [2.45, 2.75) is 39.2 Å². The van der Waals surface area contributed by atoms with Crippen LogP contribution in [0.3, 0.4) is 0 Å². The minimum atomic E-state index is 0.986. The van der Waals surface area contributed by atoms with Crippen molar-refractivity contribution in [3.05, 3.63) is 35.7 Å². The first-order valence-electron chi connectivity index (χ1n) is 6.38. The van der Waals surface area contributed by atoms with Gasteiger partial charge in [-0.2, -0.15) is 0 Å². The topological polar surface area (TPSA) is 30.7 Å². The van der Waals surface area contributed by atoms with Crippen LogP contribution in [-0.2, 0) is 19.4 Å². The van der Waals surface area contributed by atoms with E-state index in [1.165, 1.54) is 36.0 Å². The quantitative estimate of drug-likeness (QED) is 0.807. The molecule has 1 aromatic carbocycles. The van der Waals surface area contributed by atoms with E-state index in [1.54, 1.807) is 0 Å². The Labute approximate surface area is 101 Å². The third-order valence-corrected chi connectivity index (χ3v) is 3.44. The van der Waals surface area contributed by atoms with E-state index in [0.717, 1.165) is 18.8 Å². The Kier molecular flexibility index (Phi) is 2.67. The lowest BCUT2D eigenvalue weighted by molar-refractivity contribution is 0.682. The lowest BCUT2D eigenvalue weighted by Gasteiger charge is -2.06. The summed E-state index contributed by atoms with van der Waals surface area (Å²) < 4.78 is 2.14. The van der Waals surface area contributed by atoms with E-state index < -0.39 is 0 Å². The maximum Gasteiger partial charge on any atom is 0.163 e. The molecule has 0 amide bonds. The van der Waals surface area contributed by atoms with Crippen LogP contribution in [0, 0.1) is 0 Å². The van der Waals surface area contributed by atoms with Crippen molar-refractivity contribution in [3.63, 3.8) is 0 Å². The normalized spacial score (nSPS) is 13.9. The summed E-state index contributed by atoms with van der Waals surface area (Å²) in [7, 11) is 0. The Balaban J connectivity index is 2.00. The SMILES string of the molecule is CCCn1cnnc1-c1ccc2c(c1)CCC2. The van der Waals surface area contributed by atoms with Crippen molar-refractivity contribution in [2.24, 2.45) is 0 Å². The van der Waals surface area contributed by atoms with Crippen LogP contribution in [0.5, 0.6) is 0 Å². The average Bonchev–Trinajstić information content (AvgIpc) is 2.96. The number of nitrogens with zero attached hydrogens (tertiary/aromatic N) is 3. The van der Waals surface area contributed by atoms with Gasteiger partial charge in [-0.05, 0) is 42.9 Å². The molecule has 88 valence electrons. The molecule has 2 aromatic rings. The Hall–Kier alpha value is -1.64. The molecule has 0 atom stereocenters. The van der Waals surface area contributed by atoms with E-state index in [9.17, 15) is 0 Å². The molecule has 0 unspecified atom stereocenters. The van der Waals surface area contributed by atoms with Crippen molar-refractivity contribution in [2.75, 3.05) is 0 Å². The van der Waals surface area contributed by atoms with Crippen LogP contribution in [0.2, 0.25) is 0 Å². The summed E-state index contributed by atoms with van der Waals surface area (Å²) in [6, 6.07) is 6.72. The van der Waals surface area contributed by atoms with Gasteiger partial charge in [0, 0.05) is 12.1 Å². The van der Waals surface area contributed by atoms with Crippen LogP contribution in [-0.4, -0.2) is 14.8 Å². The van der Waals surface area contributed by atoms with E-state index in [4.69, 9.17) is 0 Å². The first-order chi connectivity index (χ1) is 8.38. The first-order valence-corrected chi connectivity index (χ1v) is 6.38. The predicted octanol–water partition coefficient (Wildman–Crippen LogP) is 2.84. The molecule has 17 heavy (non-hydrogen) atoms. The number of aryl methyl sites for hydroxylation is 3. The van der Waals surface area contributed by atoms with E-state index >= 15 is 0 Å². The lowest BCUT2D eigenvalue weighted by atomic mass is 10.1. The first kappa shape index (κ1) is 10.5. The monoisotopic (exact) mass is 227 g/mol. The molecule has 0 radical (unpaired) electrons. The van der Waals surface area contributed by atoms with Crippen molar-refractivity contribution in [3.8, 4) is 11.4 Å². The standard InChI is InChI=1S/C14H17N3/c1-2-8-17-10-15-16-14(17)13-7-6-11-4-3-5-12(11)9-13/h6-7,9-10H,2-5,8H2,1H3. The number of aromatic nitrogens is 3. The second-order valence-corrected chi connectivity index (χ2v) is 4.68. The molecule has 0 saturated heterocycles. The highest BCUT2D eigenvalue weighted by Crippen LogP contribution is 2.27. The smallest absolute Gasteiger partial charge is 0.163 e. The largest absolute Gasteiger partial charge is 0.314 e. The van der Waals surface area contributed by atoms with Crippen LogP contribution >= 0.6 is 0 Å². The molecule has 3 heteroatoms. The molecule has 1 aromatic heterocycles. The molecule has 0 saturated carbocycles. The minimum Gasteiger partial charge on any atom is -0.314 e. The Bertz CT molecular complexity index is 528. The summed E-state index contributed by atoms with van der Waals surface area (Å²) in [5.74, 6) is 1.00. The van der Waals surface area contributed by atoms with Crippen LogP contribution in [0.15, 0.2) is 24.5 Å². The summed E-state index contributed by atoms with van der Waals surface area (Å²) in [6.07, 6.45) is 6.67. The molecule has 0 bridgehead atoms. The van der Waals surface area contributed by atoms with Gasteiger partial charge in [-0.3, -0.25) is 0 Å². The molecule has 0 N–H and O–H groups in total. The summed E-state index contributed by atoms with van der Waals surface area (Å²) in [5.41, 5.74) is 4.21. The minimum absolute atomic E-state index is 0.986. The van der Waals surface area contributed by atoms with Gasteiger partial charge in [-0.25, -0.2) is 0 Å². The maximum atomic E-state index is 4.24. The van der Waals surface area contributed by atoms with Gasteiger partial charge in [-0.1, -0.05) is 19.1 Å². The van der Waals surface area contributed by atoms with Gasteiger partial charge in [0.05, 0.1) is 0 Å². The van der Waals surface area contributed by atoms with E-state index in [0.29, 0.717) is 0 Å². The van der Waals surface area contributed by atoms with Gasteiger partial charge in [-0.15, -0.1) is 10.2 Å². The van der Waals surface area contributed by atoms with Gasteiger partial charge >= 0.3 is 0 Å². The predicted molar refractivity (Wildman–Crippen MR) is 67.8 cm³/mol. The van der Waals surface area contributed by atoms with Gasteiger partial charge in [0.2, 0.25) is 0 Å². The van der Waals surface area contributed by atoms with Crippen LogP contribution in [0.4, 0.5) is 0 Å². The van der Waals surface area contributed by atoms with Crippen molar-refractivity contribution in [1.82, 2.24) is 14.8 Å².